The van der Waals surface area contributed by atoms with Crippen molar-refractivity contribution in [2.24, 2.45) is 0 Å². The molecule has 1 unspecified atom stereocenters. The van der Waals surface area contributed by atoms with Gasteiger partial charge >= 0.3 is 0 Å². The molecule has 114 valence electrons. The first-order valence-electron chi connectivity index (χ1n) is 7.76. The lowest BCUT2D eigenvalue weighted by atomic mass is 9.94. The van der Waals surface area contributed by atoms with Gasteiger partial charge in [-0.3, -0.25) is 0 Å². The van der Waals surface area contributed by atoms with E-state index in [4.69, 9.17) is 16.6 Å². The standard InChI is InChI=1S/C17H23ClN2S/c1-11-5-4-6-15-16(11)20(17(19-15)12(2)18)13-7-9-14(21-3)10-8-13/h4-6,12-14H,7-10H2,1-3H3. The number of hydrogen-bond donors (Lipinski definition) is 0. The molecular weight excluding hydrogens is 300 g/mol. The number of alkyl halides is 1. The van der Waals surface area contributed by atoms with E-state index in [2.05, 4.69) is 35.9 Å². The van der Waals surface area contributed by atoms with Gasteiger partial charge in [-0.15, -0.1) is 11.6 Å². The SMILES string of the molecule is CSC1CCC(n2c(C(C)Cl)nc3cccc(C)c32)CC1. The van der Waals surface area contributed by atoms with Crippen molar-refractivity contribution in [3.63, 3.8) is 0 Å². The van der Waals surface area contributed by atoms with Gasteiger partial charge in [-0.25, -0.2) is 4.98 Å². The van der Waals surface area contributed by atoms with E-state index in [0.29, 0.717) is 6.04 Å². The van der Waals surface area contributed by atoms with Crippen molar-refractivity contribution in [3.05, 3.63) is 29.6 Å². The molecule has 1 aliphatic rings. The van der Waals surface area contributed by atoms with Crippen LogP contribution in [-0.4, -0.2) is 21.1 Å². The van der Waals surface area contributed by atoms with E-state index >= 15 is 0 Å². The second-order valence-electron chi connectivity index (χ2n) is 6.06. The first-order valence-corrected chi connectivity index (χ1v) is 9.48. The predicted molar refractivity (Wildman–Crippen MR) is 93.5 cm³/mol. The molecule has 0 radical (unpaired) electrons. The molecule has 1 heterocycles. The van der Waals surface area contributed by atoms with Crippen molar-refractivity contribution in [2.45, 2.75) is 56.2 Å². The zero-order valence-corrected chi connectivity index (χ0v) is 14.5. The Balaban J connectivity index is 2.05. The van der Waals surface area contributed by atoms with Crippen LogP contribution in [-0.2, 0) is 0 Å². The number of aryl methyl sites for hydroxylation is 1. The molecule has 2 aromatic rings. The van der Waals surface area contributed by atoms with E-state index < -0.39 is 0 Å². The van der Waals surface area contributed by atoms with Crippen LogP contribution < -0.4 is 0 Å². The number of benzene rings is 1. The normalized spacial score (nSPS) is 24.4. The Hall–Kier alpha value is -0.670. The molecule has 1 fully saturated rings. The van der Waals surface area contributed by atoms with E-state index in [-0.39, 0.29) is 5.38 Å². The van der Waals surface area contributed by atoms with Gasteiger partial charge in [0.2, 0.25) is 0 Å². The smallest absolute Gasteiger partial charge is 0.127 e. The van der Waals surface area contributed by atoms with Gasteiger partial charge in [-0.2, -0.15) is 11.8 Å². The quantitative estimate of drug-likeness (QED) is 0.695. The number of nitrogens with zero attached hydrogens (tertiary/aromatic N) is 2. The molecule has 0 bridgehead atoms. The Bertz CT molecular complexity index is 627. The molecule has 1 aromatic carbocycles. The summed E-state index contributed by atoms with van der Waals surface area (Å²) in [5, 5.41) is 0.782. The summed E-state index contributed by atoms with van der Waals surface area (Å²) in [6.45, 7) is 4.21. The third kappa shape index (κ3) is 2.83. The van der Waals surface area contributed by atoms with Crippen LogP contribution in [0.25, 0.3) is 11.0 Å². The third-order valence-electron chi connectivity index (χ3n) is 4.64. The van der Waals surface area contributed by atoms with E-state index in [0.717, 1.165) is 16.6 Å². The number of rotatable bonds is 3. The number of imidazole rings is 1. The molecule has 1 aliphatic carbocycles. The van der Waals surface area contributed by atoms with Crippen molar-refractivity contribution in [3.8, 4) is 0 Å². The monoisotopic (exact) mass is 322 g/mol. The Labute approximate surface area is 136 Å². The number of para-hydroxylation sites is 1. The van der Waals surface area contributed by atoms with Gasteiger partial charge in [-0.05, 0) is 57.4 Å². The predicted octanol–water partition coefficient (Wildman–Crippen LogP) is 5.49. The molecule has 2 nitrogen and oxygen atoms in total. The zero-order valence-electron chi connectivity index (χ0n) is 13.0. The van der Waals surface area contributed by atoms with Gasteiger partial charge in [0.1, 0.15) is 5.82 Å². The van der Waals surface area contributed by atoms with E-state index in [1.807, 2.05) is 18.7 Å². The fourth-order valence-electron chi connectivity index (χ4n) is 3.53. The minimum atomic E-state index is -0.0462. The van der Waals surface area contributed by atoms with E-state index in [9.17, 15) is 0 Å². The fraction of sp³-hybridized carbons (Fsp3) is 0.588. The van der Waals surface area contributed by atoms with Crippen LogP contribution >= 0.6 is 23.4 Å². The average molecular weight is 323 g/mol. The highest BCUT2D eigenvalue weighted by Crippen LogP contribution is 2.38. The molecule has 4 heteroatoms. The van der Waals surface area contributed by atoms with Gasteiger partial charge in [0, 0.05) is 11.3 Å². The van der Waals surface area contributed by atoms with Crippen LogP contribution in [0.2, 0.25) is 0 Å². The van der Waals surface area contributed by atoms with Crippen LogP contribution in [0.3, 0.4) is 0 Å². The molecule has 0 saturated heterocycles. The molecule has 0 spiro atoms. The van der Waals surface area contributed by atoms with Gasteiger partial charge in [0.05, 0.1) is 16.4 Å². The molecule has 0 aliphatic heterocycles. The highest BCUT2D eigenvalue weighted by atomic mass is 35.5. The third-order valence-corrected chi connectivity index (χ3v) is 5.97. The lowest BCUT2D eigenvalue weighted by Gasteiger charge is -2.30. The van der Waals surface area contributed by atoms with Gasteiger partial charge in [0.25, 0.3) is 0 Å². The van der Waals surface area contributed by atoms with Crippen LogP contribution in [0.5, 0.6) is 0 Å². The van der Waals surface area contributed by atoms with E-state index in [1.54, 1.807) is 0 Å². The summed E-state index contributed by atoms with van der Waals surface area (Å²) >= 11 is 8.43. The highest BCUT2D eigenvalue weighted by molar-refractivity contribution is 7.99. The average Bonchev–Trinajstić information content (AvgIpc) is 2.88. The largest absolute Gasteiger partial charge is 0.323 e. The van der Waals surface area contributed by atoms with Crippen molar-refractivity contribution >= 4 is 34.4 Å². The topological polar surface area (TPSA) is 17.8 Å². The van der Waals surface area contributed by atoms with Crippen LogP contribution in [0.4, 0.5) is 0 Å². The minimum absolute atomic E-state index is 0.0462. The Morgan fingerprint density at radius 3 is 2.62 bits per heavy atom. The molecule has 0 N–H and O–H groups in total. The summed E-state index contributed by atoms with van der Waals surface area (Å²) in [6.07, 6.45) is 7.30. The first kappa shape index (κ1) is 15.2. The fourth-order valence-corrected chi connectivity index (χ4v) is 4.43. The van der Waals surface area contributed by atoms with Crippen molar-refractivity contribution in [2.75, 3.05) is 6.26 Å². The molecule has 1 atom stereocenters. The summed E-state index contributed by atoms with van der Waals surface area (Å²) in [4.78, 5) is 4.81. The maximum Gasteiger partial charge on any atom is 0.127 e. The summed E-state index contributed by atoms with van der Waals surface area (Å²) in [6, 6.07) is 6.92. The molecule has 1 aromatic heterocycles. The summed E-state index contributed by atoms with van der Waals surface area (Å²) in [7, 11) is 0. The molecule has 0 amide bonds. The molecule has 1 saturated carbocycles. The highest BCUT2D eigenvalue weighted by Gasteiger charge is 2.27. The summed E-state index contributed by atoms with van der Waals surface area (Å²) in [5.41, 5.74) is 3.67. The minimum Gasteiger partial charge on any atom is -0.323 e. The second-order valence-corrected chi connectivity index (χ2v) is 7.86. The number of halogens is 1. The van der Waals surface area contributed by atoms with Gasteiger partial charge in [0.15, 0.2) is 0 Å². The lowest BCUT2D eigenvalue weighted by Crippen LogP contribution is -2.21. The van der Waals surface area contributed by atoms with Gasteiger partial charge in [-0.1, -0.05) is 12.1 Å². The van der Waals surface area contributed by atoms with Crippen LogP contribution in [0, 0.1) is 6.92 Å². The van der Waals surface area contributed by atoms with Crippen LogP contribution in [0.1, 0.15) is 55.4 Å². The lowest BCUT2D eigenvalue weighted by molar-refractivity contribution is 0.358. The molecular formula is C17H23ClN2S. The van der Waals surface area contributed by atoms with Gasteiger partial charge < -0.3 is 4.57 Å². The Morgan fingerprint density at radius 1 is 1.29 bits per heavy atom. The van der Waals surface area contributed by atoms with Crippen LogP contribution in [0.15, 0.2) is 18.2 Å². The number of hydrogen-bond acceptors (Lipinski definition) is 2. The van der Waals surface area contributed by atoms with Crippen molar-refractivity contribution in [1.82, 2.24) is 9.55 Å². The Kier molecular flexibility index (Phi) is 4.51. The second kappa shape index (κ2) is 6.21. The number of thioether (sulfide) groups is 1. The van der Waals surface area contributed by atoms with Crippen molar-refractivity contribution in [1.29, 1.82) is 0 Å². The van der Waals surface area contributed by atoms with E-state index in [1.165, 1.54) is 36.8 Å². The maximum atomic E-state index is 6.42. The van der Waals surface area contributed by atoms with Crippen molar-refractivity contribution < 1.29 is 0 Å². The summed E-state index contributed by atoms with van der Waals surface area (Å²) in [5.74, 6) is 1.04. The summed E-state index contributed by atoms with van der Waals surface area (Å²) < 4.78 is 2.44. The number of aromatic nitrogens is 2. The molecule has 3 rings (SSSR count). The molecule has 21 heavy (non-hydrogen) atoms. The first-order chi connectivity index (χ1) is 10.1. The maximum absolute atomic E-state index is 6.42. The zero-order chi connectivity index (χ0) is 15.0. The Morgan fingerprint density at radius 2 is 2.00 bits per heavy atom. The number of fused-ring (bicyclic) bond motifs is 1.